The molecular weight excluding hydrogens is 775 g/mol. The molecule has 10 aromatic rings. The first-order valence-corrected chi connectivity index (χ1v) is 22.0. The standard InChI is InChI=1S/C61H45N3/c1-61(2)56-21-13-12-20-54(56)55-39-38-53(40-57(55)61)64(51-34-30-46(31-35-51)44-24-22-43(23-25-44)42-14-6-3-7-15-42)52-36-32-47(33-37-52)45-26-28-49(29-27-45)59-41-58(48-16-8-4-9-17-48)62-60(63-59)50-18-10-5-11-19-50/h3-41H,1-2H3. The minimum Gasteiger partial charge on any atom is -0.310 e. The van der Waals surface area contributed by atoms with Crippen molar-refractivity contribution in [2.45, 2.75) is 19.3 Å². The maximum atomic E-state index is 5.05. The molecule has 0 saturated carbocycles. The highest BCUT2D eigenvalue weighted by molar-refractivity contribution is 5.87. The third kappa shape index (κ3) is 7.27. The second-order valence-corrected chi connectivity index (χ2v) is 17.0. The van der Waals surface area contributed by atoms with Crippen LogP contribution in [0.15, 0.2) is 237 Å². The number of fused-ring (bicyclic) bond motifs is 3. The average Bonchev–Trinajstić information content (AvgIpc) is 3.60. The van der Waals surface area contributed by atoms with E-state index in [4.69, 9.17) is 9.97 Å². The lowest BCUT2D eigenvalue weighted by atomic mass is 9.82. The zero-order valence-corrected chi connectivity index (χ0v) is 35.9. The van der Waals surface area contributed by atoms with Crippen molar-refractivity contribution < 1.29 is 0 Å². The van der Waals surface area contributed by atoms with Crippen molar-refractivity contribution in [3.05, 3.63) is 248 Å². The number of benzene rings is 9. The van der Waals surface area contributed by atoms with Gasteiger partial charge in [0, 0.05) is 39.2 Å². The molecule has 0 bridgehead atoms. The average molecular weight is 820 g/mol. The normalized spacial score (nSPS) is 12.3. The van der Waals surface area contributed by atoms with Gasteiger partial charge in [-0.1, -0.05) is 208 Å². The Morgan fingerprint density at radius 1 is 0.297 bits per heavy atom. The number of rotatable bonds is 9. The SMILES string of the molecule is CC1(C)c2ccccc2-c2ccc(N(c3ccc(-c4ccc(-c5ccccc5)cc4)cc3)c3ccc(-c4ccc(-c5cc(-c6ccccc6)nc(-c6ccccc6)n5)cc4)cc3)cc21. The van der Waals surface area contributed by atoms with Crippen LogP contribution in [0.2, 0.25) is 0 Å². The Labute approximate surface area is 375 Å². The quantitative estimate of drug-likeness (QED) is 0.145. The molecule has 64 heavy (non-hydrogen) atoms. The number of aromatic nitrogens is 2. The van der Waals surface area contributed by atoms with Crippen molar-refractivity contribution in [1.29, 1.82) is 0 Å². The zero-order valence-electron chi connectivity index (χ0n) is 35.9. The fourth-order valence-electron chi connectivity index (χ4n) is 9.27. The Kier molecular flexibility index (Phi) is 9.86. The van der Waals surface area contributed by atoms with E-state index < -0.39 is 0 Å². The van der Waals surface area contributed by atoms with E-state index in [1.165, 1.54) is 44.5 Å². The molecule has 11 rings (SSSR count). The first-order chi connectivity index (χ1) is 31.5. The molecule has 0 saturated heterocycles. The second kappa shape index (κ2) is 16.3. The van der Waals surface area contributed by atoms with Crippen LogP contribution in [0, 0.1) is 0 Å². The van der Waals surface area contributed by atoms with Gasteiger partial charge in [-0.2, -0.15) is 0 Å². The minimum atomic E-state index is -0.114. The van der Waals surface area contributed by atoms with E-state index in [0.29, 0.717) is 5.82 Å². The molecule has 1 aliphatic rings. The van der Waals surface area contributed by atoms with Gasteiger partial charge in [0.15, 0.2) is 5.82 Å². The van der Waals surface area contributed by atoms with Crippen LogP contribution in [0.3, 0.4) is 0 Å². The van der Waals surface area contributed by atoms with Gasteiger partial charge in [-0.25, -0.2) is 9.97 Å². The summed E-state index contributed by atoms with van der Waals surface area (Å²) in [6.07, 6.45) is 0. The van der Waals surface area contributed by atoms with Gasteiger partial charge in [0.05, 0.1) is 11.4 Å². The molecule has 0 amide bonds. The number of hydrogen-bond acceptors (Lipinski definition) is 3. The zero-order chi connectivity index (χ0) is 43.0. The molecule has 1 aromatic heterocycles. The molecule has 0 aliphatic heterocycles. The van der Waals surface area contributed by atoms with Gasteiger partial charge in [-0.3, -0.25) is 0 Å². The van der Waals surface area contributed by atoms with Gasteiger partial charge in [-0.05, 0) is 98.1 Å². The number of hydrogen-bond donors (Lipinski definition) is 0. The van der Waals surface area contributed by atoms with E-state index in [9.17, 15) is 0 Å². The number of anilines is 3. The molecule has 3 nitrogen and oxygen atoms in total. The van der Waals surface area contributed by atoms with Crippen molar-refractivity contribution in [1.82, 2.24) is 9.97 Å². The van der Waals surface area contributed by atoms with Crippen LogP contribution in [0.25, 0.3) is 78.4 Å². The van der Waals surface area contributed by atoms with Crippen LogP contribution in [0.4, 0.5) is 17.1 Å². The third-order valence-corrected chi connectivity index (χ3v) is 12.7. The summed E-state index contributed by atoms with van der Waals surface area (Å²) in [6.45, 7) is 4.69. The molecule has 9 aromatic carbocycles. The summed E-state index contributed by atoms with van der Waals surface area (Å²) in [4.78, 5) is 12.4. The highest BCUT2D eigenvalue weighted by Crippen LogP contribution is 2.50. The minimum absolute atomic E-state index is 0.114. The third-order valence-electron chi connectivity index (χ3n) is 12.7. The summed E-state index contributed by atoms with van der Waals surface area (Å²) >= 11 is 0. The fourth-order valence-corrected chi connectivity index (χ4v) is 9.27. The van der Waals surface area contributed by atoms with Crippen LogP contribution in [0.5, 0.6) is 0 Å². The van der Waals surface area contributed by atoms with Gasteiger partial charge >= 0.3 is 0 Å². The lowest BCUT2D eigenvalue weighted by Gasteiger charge is -2.28. The molecule has 1 heterocycles. The van der Waals surface area contributed by atoms with Crippen LogP contribution in [-0.2, 0) is 5.41 Å². The maximum absolute atomic E-state index is 5.05. The van der Waals surface area contributed by atoms with E-state index in [1.807, 2.05) is 36.4 Å². The van der Waals surface area contributed by atoms with Crippen molar-refractivity contribution in [2.24, 2.45) is 0 Å². The smallest absolute Gasteiger partial charge is 0.160 e. The molecule has 0 atom stereocenters. The molecule has 0 radical (unpaired) electrons. The first-order valence-electron chi connectivity index (χ1n) is 22.0. The van der Waals surface area contributed by atoms with Crippen molar-refractivity contribution in [2.75, 3.05) is 4.90 Å². The Morgan fingerprint density at radius 2 is 0.656 bits per heavy atom. The summed E-state index contributed by atoms with van der Waals surface area (Å²) in [5.41, 5.74) is 20.6. The fraction of sp³-hybridized carbons (Fsp3) is 0.0492. The molecular formula is C61H45N3. The highest BCUT2D eigenvalue weighted by Gasteiger charge is 2.35. The lowest BCUT2D eigenvalue weighted by molar-refractivity contribution is 0.660. The predicted molar refractivity (Wildman–Crippen MR) is 267 cm³/mol. The van der Waals surface area contributed by atoms with Crippen molar-refractivity contribution in [3.8, 4) is 78.4 Å². The maximum Gasteiger partial charge on any atom is 0.160 e. The van der Waals surface area contributed by atoms with Gasteiger partial charge in [0.2, 0.25) is 0 Å². The van der Waals surface area contributed by atoms with Crippen LogP contribution >= 0.6 is 0 Å². The second-order valence-electron chi connectivity index (χ2n) is 17.0. The highest BCUT2D eigenvalue weighted by atomic mass is 15.1. The summed E-state index contributed by atoms with van der Waals surface area (Å²) in [5, 5.41) is 0. The Balaban J connectivity index is 0.926. The first kappa shape index (κ1) is 38.8. The molecule has 0 N–H and O–H groups in total. The largest absolute Gasteiger partial charge is 0.310 e. The van der Waals surface area contributed by atoms with Crippen molar-refractivity contribution in [3.63, 3.8) is 0 Å². The van der Waals surface area contributed by atoms with Crippen LogP contribution in [-0.4, -0.2) is 9.97 Å². The summed E-state index contributed by atoms with van der Waals surface area (Å²) in [7, 11) is 0. The van der Waals surface area contributed by atoms with E-state index in [2.05, 4.69) is 219 Å². The van der Waals surface area contributed by atoms with Gasteiger partial charge in [0.1, 0.15) is 0 Å². The van der Waals surface area contributed by atoms with Gasteiger partial charge in [0.25, 0.3) is 0 Å². The summed E-state index contributed by atoms with van der Waals surface area (Å²) in [6, 6.07) is 84.5. The van der Waals surface area contributed by atoms with Crippen molar-refractivity contribution >= 4 is 17.1 Å². The van der Waals surface area contributed by atoms with Gasteiger partial charge < -0.3 is 4.90 Å². The van der Waals surface area contributed by atoms with E-state index >= 15 is 0 Å². The molecule has 0 unspecified atom stereocenters. The molecule has 0 spiro atoms. The lowest BCUT2D eigenvalue weighted by Crippen LogP contribution is -2.16. The summed E-state index contributed by atoms with van der Waals surface area (Å²) < 4.78 is 0. The molecule has 3 heteroatoms. The predicted octanol–water partition coefficient (Wildman–Crippen LogP) is 16.3. The molecule has 304 valence electrons. The molecule has 1 aliphatic carbocycles. The Bertz CT molecular complexity index is 3170. The number of nitrogens with zero attached hydrogens (tertiary/aromatic N) is 3. The van der Waals surface area contributed by atoms with E-state index in [-0.39, 0.29) is 5.41 Å². The van der Waals surface area contributed by atoms with Gasteiger partial charge in [-0.15, -0.1) is 0 Å². The molecule has 0 fully saturated rings. The monoisotopic (exact) mass is 819 g/mol. The topological polar surface area (TPSA) is 29.0 Å². The van der Waals surface area contributed by atoms with E-state index in [0.717, 1.165) is 56.3 Å². The van der Waals surface area contributed by atoms with Crippen LogP contribution in [0.1, 0.15) is 25.0 Å². The van der Waals surface area contributed by atoms with E-state index in [1.54, 1.807) is 0 Å². The Hall–Kier alpha value is -8.14. The summed E-state index contributed by atoms with van der Waals surface area (Å²) in [5.74, 6) is 0.713. The van der Waals surface area contributed by atoms with Crippen LogP contribution < -0.4 is 4.90 Å². The Morgan fingerprint density at radius 3 is 1.17 bits per heavy atom.